The van der Waals surface area contributed by atoms with Crippen LogP contribution < -0.4 is 4.90 Å². The van der Waals surface area contributed by atoms with Crippen LogP contribution in [-0.2, 0) is 5.41 Å². The third kappa shape index (κ3) is 5.32. The minimum absolute atomic E-state index is 0.119. The first kappa shape index (κ1) is 33.0. The van der Waals surface area contributed by atoms with E-state index in [0.717, 1.165) is 41.1 Å². The Labute approximate surface area is 322 Å². The van der Waals surface area contributed by atoms with Crippen LogP contribution in [0.2, 0.25) is 0 Å². The highest BCUT2D eigenvalue weighted by molar-refractivity contribution is 6.18. The van der Waals surface area contributed by atoms with Crippen molar-refractivity contribution in [2.75, 3.05) is 4.90 Å². The lowest BCUT2D eigenvalue weighted by Gasteiger charge is -2.31. The van der Waals surface area contributed by atoms with Gasteiger partial charge in [-0.1, -0.05) is 166 Å². The molecule has 264 valence electrons. The van der Waals surface area contributed by atoms with Gasteiger partial charge in [0.2, 0.25) is 5.88 Å². The summed E-state index contributed by atoms with van der Waals surface area (Å²) in [6.45, 7) is 4.69. The zero-order valence-corrected chi connectivity index (χ0v) is 31.2. The maximum atomic E-state index is 6.51. The standard InChI is InChI=1S/C53H41NO/c1-3-53(4-2)48-33-36(28-31-47-43-24-13-12-22-41(43)42-23-14-15-25-46(42)52(47)37-17-7-5-8-18-37)27-30-44(48)45-32-29-40(35-49(45)53)54(39-20-9-6-10-21-39)51-34-38-19-11-16-26-50(38)55-51/h5-35H,3-4H2,1-2H3/b31-28+. The van der Waals surface area contributed by atoms with Crippen LogP contribution in [0, 0.1) is 0 Å². The average molecular weight is 708 g/mol. The summed E-state index contributed by atoms with van der Waals surface area (Å²) >= 11 is 0. The number of benzene rings is 8. The third-order valence-electron chi connectivity index (χ3n) is 12.0. The van der Waals surface area contributed by atoms with Crippen LogP contribution in [0.1, 0.15) is 48.9 Å². The molecule has 55 heavy (non-hydrogen) atoms. The maximum absolute atomic E-state index is 6.51. The highest BCUT2D eigenvalue weighted by Crippen LogP contribution is 2.54. The predicted molar refractivity (Wildman–Crippen MR) is 234 cm³/mol. The van der Waals surface area contributed by atoms with Gasteiger partial charge in [0, 0.05) is 28.2 Å². The van der Waals surface area contributed by atoms with Gasteiger partial charge in [0.15, 0.2) is 0 Å². The van der Waals surface area contributed by atoms with Crippen molar-refractivity contribution < 1.29 is 4.42 Å². The Morgan fingerprint density at radius 3 is 1.84 bits per heavy atom. The summed E-state index contributed by atoms with van der Waals surface area (Å²) < 4.78 is 6.51. The highest BCUT2D eigenvalue weighted by Gasteiger charge is 2.41. The molecule has 0 N–H and O–H groups in total. The van der Waals surface area contributed by atoms with E-state index in [2.05, 4.69) is 195 Å². The van der Waals surface area contributed by atoms with Crippen molar-refractivity contribution in [3.8, 4) is 22.3 Å². The molecule has 0 spiro atoms. The molecule has 0 aliphatic heterocycles. The Hall–Kier alpha value is -6.64. The Morgan fingerprint density at radius 1 is 0.509 bits per heavy atom. The maximum Gasteiger partial charge on any atom is 0.205 e. The third-order valence-corrected chi connectivity index (χ3v) is 12.0. The Balaban J connectivity index is 1.10. The van der Waals surface area contributed by atoms with Gasteiger partial charge in [-0.15, -0.1) is 0 Å². The smallest absolute Gasteiger partial charge is 0.205 e. The van der Waals surface area contributed by atoms with Crippen LogP contribution in [0.4, 0.5) is 17.3 Å². The molecule has 0 fully saturated rings. The van der Waals surface area contributed by atoms with Gasteiger partial charge in [0.25, 0.3) is 0 Å². The summed E-state index contributed by atoms with van der Waals surface area (Å²) in [5.41, 5.74) is 13.3. The summed E-state index contributed by atoms with van der Waals surface area (Å²) in [5, 5.41) is 6.19. The molecule has 0 saturated carbocycles. The molecule has 9 aromatic rings. The molecule has 2 nitrogen and oxygen atoms in total. The van der Waals surface area contributed by atoms with E-state index in [1.807, 2.05) is 12.1 Å². The molecule has 0 radical (unpaired) electrons. The lowest BCUT2D eigenvalue weighted by Crippen LogP contribution is -2.23. The Kier molecular flexibility index (Phi) is 7.99. The van der Waals surface area contributed by atoms with E-state index in [4.69, 9.17) is 4.42 Å². The minimum atomic E-state index is -0.119. The van der Waals surface area contributed by atoms with E-state index < -0.39 is 0 Å². The van der Waals surface area contributed by atoms with Crippen molar-refractivity contribution in [3.63, 3.8) is 0 Å². The Morgan fingerprint density at radius 2 is 1.11 bits per heavy atom. The second-order valence-corrected chi connectivity index (χ2v) is 14.7. The molecule has 0 amide bonds. The van der Waals surface area contributed by atoms with E-state index in [1.165, 1.54) is 66.1 Å². The van der Waals surface area contributed by atoms with Gasteiger partial charge in [-0.25, -0.2) is 0 Å². The number of hydrogen-bond acceptors (Lipinski definition) is 2. The molecule has 2 heteroatoms. The summed E-state index contributed by atoms with van der Waals surface area (Å²) in [5.74, 6) is 0.810. The minimum Gasteiger partial charge on any atom is -0.440 e. The van der Waals surface area contributed by atoms with Gasteiger partial charge >= 0.3 is 0 Å². The molecule has 8 aromatic carbocycles. The molecule has 1 aliphatic carbocycles. The van der Waals surface area contributed by atoms with Crippen LogP contribution >= 0.6 is 0 Å². The van der Waals surface area contributed by atoms with Crippen molar-refractivity contribution in [2.45, 2.75) is 32.1 Å². The van der Waals surface area contributed by atoms with Gasteiger partial charge in [0.05, 0.1) is 0 Å². The quantitative estimate of drug-likeness (QED) is 0.115. The normalized spacial score (nSPS) is 13.1. The molecular formula is C53H41NO. The van der Waals surface area contributed by atoms with Crippen molar-refractivity contribution >= 4 is 61.9 Å². The first-order valence-electron chi connectivity index (χ1n) is 19.5. The second kappa shape index (κ2) is 13.3. The van der Waals surface area contributed by atoms with E-state index in [-0.39, 0.29) is 5.41 Å². The van der Waals surface area contributed by atoms with Crippen LogP contribution in [-0.4, -0.2) is 0 Å². The second-order valence-electron chi connectivity index (χ2n) is 14.7. The number of hydrogen-bond donors (Lipinski definition) is 0. The van der Waals surface area contributed by atoms with Gasteiger partial charge in [-0.05, 0) is 109 Å². The fourth-order valence-electron chi connectivity index (χ4n) is 9.25. The van der Waals surface area contributed by atoms with Gasteiger partial charge < -0.3 is 4.42 Å². The van der Waals surface area contributed by atoms with E-state index in [9.17, 15) is 0 Å². The largest absolute Gasteiger partial charge is 0.440 e. The molecule has 0 unspecified atom stereocenters. The molecular weight excluding hydrogens is 667 g/mol. The first-order chi connectivity index (χ1) is 27.2. The SMILES string of the molecule is CCC1(CC)c2cc(/C=C/c3c(-c4ccccc4)c4ccccc4c4ccccc34)ccc2-c2ccc(N(c3ccccc3)c3cc4ccccc4o3)cc21. The van der Waals surface area contributed by atoms with Crippen molar-refractivity contribution in [3.05, 3.63) is 198 Å². The highest BCUT2D eigenvalue weighted by atomic mass is 16.4. The lowest BCUT2D eigenvalue weighted by molar-refractivity contribution is 0.490. The summed E-state index contributed by atoms with van der Waals surface area (Å²) in [4.78, 5) is 2.26. The van der Waals surface area contributed by atoms with E-state index in [0.29, 0.717) is 0 Å². The number of furan rings is 1. The topological polar surface area (TPSA) is 16.4 Å². The zero-order valence-electron chi connectivity index (χ0n) is 31.2. The van der Waals surface area contributed by atoms with Crippen molar-refractivity contribution in [1.82, 2.24) is 0 Å². The average Bonchev–Trinajstić information content (AvgIpc) is 3.80. The van der Waals surface area contributed by atoms with Crippen molar-refractivity contribution in [2.24, 2.45) is 0 Å². The summed E-state index contributed by atoms with van der Waals surface area (Å²) in [7, 11) is 0. The number of fused-ring (bicyclic) bond motifs is 7. The van der Waals surface area contributed by atoms with Crippen LogP contribution in [0.25, 0.3) is 66.9 Å². The molecule has 0 saturated heterocycles. The van der Waals surface area contributed by atoms with Crippen LogP contribution in [0.5, 0.6) is 0 Å². The number of nitrogens with zero attached hydrogens (tertiary/aromatic N) is 1. The summed E-state index contributed by atoms with van der Waals surface area (Å²) in [6.07, 6.45) is 6.68. The number of rotatable bonds is 8. The molecule has 1 heterocycles. The molecule has 0 bridgehead atoms. The van der Waals surface area contributed by atoms with Gasteiger partial charge in [-0.2, -0.15) is 0 Å². The van der Waals surface area contributed by atoms with Crippen LogP contribution in [0.15, 0.2) is 180 Å². The van der Waals surface area contributed by atoms with Gasteiger partial charge in [-0.3, -0.25) is 4.90 Å². The Bertz CT molecular complexity index is 2860. The summed E-state index contributed by atoms with van der Waals surface area (Å²) in [6, 6.07) is 63.6. The first-order valence-corrected chi connectivity index (χ1v) is 19.5. The monoisotopic (exact) mass is 707 g/mol. The van der Waals surface area contributed by atoms with Crippen LogP contribution in [0.3, 0.4) is 0 Å². The number of para-hydroxylation sites is 2. The van der Waals surface area contributed by atoms with E-state index >= 15 is 0 Å². The van der Waals surface area contributed by atoms with E-state index in [1.54, 1.807) is 0 Å². The fourth-order valence-corrected chi connectivity index (χ4v) is 9.25. The fraction of sp³-hybridized carbons (Fsp3) is 0.0943. The van der Waals surface area contributed by atoms with Crippen molar-refractivity contribution in [1.29, 1.82) is 0 Å². The molecule has 10 rings (SSSR count). The zero-order chi connectivity index (χ0) is 36.9. The molecule has 0 atom stereocenters. The molecule has 1 aromatic heterocycles. The molecule has 1 aliphatic rings. The lowest BCUT2D eigenvalue weighted by atomic mass is 9.73. The van der Waals surface area contributed by atoms with Gasteiger partial charge in [0.1, 0.15) is 5.58 Å². The predicted octanol–water partition coefficient (Wildman–Crippen LogP) is 15.1. The number of anilines is 3.